The summed E-state index contributed by atoms with van der Waals surface area (Å²) in [5, 5.41) is 6.86. The molecule has 1 fully saturated rings. The summed E-state index contributed by atoms with van der Waals surface area (Å²) in [5.41, 5.74) is 2.39. The molecule has 3 aliphatic rings. The average molecular weight is 356 g/mol. The number of para-hydroxylation sites is 1. The number of rotatable bonds is 3. The lowest BCUT2D eigenvalue weighted by atomic mass is 9.83. The summed E-state index contributed by atoms with van der Waals surface area (Å²) < 4.78 is 5.38. The van der Waals surface area contributed by atoms with Crippen molar-refractivity contribution in [2.75, 3.05) is 7.11 Å². The molecule has 4 rings (SSSR count). The Morgan fingerprint density at radius 1 is 1.32 bits per heavy atom. The van der Waals surface area contributed by atoms with Crippen LogP contribution >= 0.6 is 11.8 Å². The van der Waals surface area contributed by atoms with Crippen molar-refractivity contribution in [2.45, 2.75) is 37.7 Å². The number of thioether (sulfide) groups is 1. The van der Waals surface area contributed by atoms with Gasteiger partial charge >= 0.3 is 0 Å². The van der Waals surface area contributed by atoms with E-state index in [1.807, 2.05) is 48.2 Å². The molecule has 0 spiro atoms. The summed E-state index contributed by atoms with van der Waals surface area (Å²) >= 11 is 1.87. The Hall–Kier alpha value is -1.72. The molecule has 0 saturated carbocycles. The van der Waals surface area contributed by atoms with Crippen LogP contribution in [0.1, 0.15) is 31.7 Å². The number of hydrogen-bond acceptors (Lipinski definition) is 4. The summed E-state index contributed by atoms with van der Waals surface area (Å²) in [6.07, 6.45) is 7.27. The number of hydrogen-bond donors (Lipinski definition) is 2. The third-order valence-electron chi connectivity index (χ3n) is 5.28. The molecule has 0 radical (unpaired) electrons. The highest BCUT2D eigenvalue weighted by Gasteiger charge is 2.45. The van der Waals surface area contributed by atoms with E-state index in [0.29, 0.717) is 0 Å². The Morgan fingerprint density at radius 3 is 3.00 bits per heavy atom. The van der Waals surface area contributed by atoms with Gasteiger partial charge in [0.2, 0.25) is 5.91 Å². The van der Waals surface area contributed by atoms with Gasteiger partial charge in [-0.3, -0.25) is 10.1 Å². The molecule has 25 heavy (non-hydrogen) atoms. The van der Waals surface area contributed by atoms with Gasteiger partial charge in [-0.25, -0.2) is 0 Å². The lowest BCUT2D eigenvalue weighted by molar-refractivity contribution is -0.126. The highest BCUT2D eigenvalue weighted by Crippen LogP contribution is 2.50. The van der Waals surface area contributed by atoms with E-state index in [9.17, 15) is 4.79 Å². The minimum Gasteiger partial charge on any atom is -0.496 e. The quantitative estimate of drug-likeness (QED) is 0.870. The van der Waals surface area contributed by atoms with Crippen molar-refractivity contribution in [2.24, 2.45) is 11.8 Å². The zero-order valence-corrected chi connectivity index (χ0v) is 15.4. The predicted molar refractivity (Wildman–Crippen MR) is 102 cm³/mol. The second-order valence-corrected chi connectivity index (χ2v) is 8.30. The second-order valence-electron chi connectivity index (χ2n) is 7.07. The SMILES string of the molecule is COc1ccccc1C=CC1NC(=O)C2C3=C(CC(C)CC3)SC2N1. The number of benzene rings is 1. The molecular formula is C20H24N2O2S. The molecule has 4 unspecified atom stereocenters. The van der Waals surface area contributed by atoms with E-state index in [1.54, 1.807) is 7.11 Å². The molecule has 2 heterocycles. The molecule has 2 aliphatic heterocycles. The van der Waals surface area contributed by atoms with Gasteiger partial charge in [-0.2, -0.15) is 0 Å². The molecule has 0 bridgehead atoms. The minimum absolute atomic E-state index is 0.00316. The average Bonchev–Trinajstić information content (AvgIpc) is 2.97. The monoisotopic (exact) mass is 356 g/mol. The molecule has 1 amide bonds. The maximum absolute atomic E-state index is 12.7. The van der Waals surface area contributed by atoms with E-state index in [4.69, 9.17) is 4.74 Å². The lowest BCUT2D eigenvalue weighted by Crippen LogP contribution is -2.58. The van der Waals surface area contributed by atoms with Crippen LogP contribution < -0.4 is 15.4 Å². The van der Waals surface area contributed by atoms with Crippen LogP contribution in [0.3, 0.4) is 0 Å². The van der Waals surface area contributed by atoms with Gasteiger partial charge in [-0.05, 0) is 47.8 Å². The zero-order chi connectivity index (χ0) is 17.4. The topological polar surface area (TPSA) is 50.4 Å². The molecule has 0 aromatic heterocycles. The van der Waals surface area contributed by atoms with E-state index < -0.39 is 0 Å². The van der Waals surface area contributed by atoms with Crippen molar-refractivity contribution in [3.8, 4) is 5.75 Å². The molecule has 4 atom stereocenters. The third kappa shape index (κ3) is 3.23. The number of carbonyl (C=O) groups is 1. The molecule has 1 saturated heterocycles. The van der Waals surface area contributed by atoms with Crippen molar-refractivity contribution >= 4 is 23.7 Å². The molecule has 132 valence electrons. The normalized spacial score (nSPS) is 31.7. The van der Waals surface area contributed by atoms with Crippen molar-refractivity contribution < 1.29 is 9.53 Å². The number of methoxy groups -OCH3 is 1. The molecular weight excluding hydrogens is 332 g/mol. The molecule has 1 aromatic carbocycles. The fraction of sp³-hybridized carbons (Fsp3) is 0.450. The first-order valence-electron chi connectivity index (χ1n) is 8.92. The van der Waals surface area contributed by atoms with Crippen LogP contribution in [-0.4, -0.2) is 24.6 Å². The Bertz CT molecular complexity index is 743. The van der Waals surface area contributed by atoms with Gasteiger partial charge in [-0.1, -0.05) is 31.2 Å². The van der Waals surface area contributed by atoms with Gasteiger partial charge in [0.1, 0.15) is 5.75 Å². The predicted octanol–water partition coefficient (Wildman–Crippen LogP) is 3.52. The van der Waals surface area contributed by atoms with E-state index in [1.165, 1.54) is 16.9 Å². The van der Waals surface area contributed by atoms with E-state index in [2.05, 4.69) is 17.6 Å². The first kappa shape index (κ1) is 16.7. The Balaban J connectivity index is 1.48. The second kappa shape index (κ2) is 6.89. The number of ether oxygens (including phenoxy) is 1. The summed E-state index contributed by atoms with van der Waals surface area (Å²) in [4.78, 5) is 14.1. The molecule has 4 nitrogen and oxygen atoms in total. The van der Waals surface area contributed by atoms with Gasteiger partial charge in [-0.15, -0.1) is 11.8 Å². The smallest absolute Gasteiger partial charge is 0.231 e. The lowest BCUT2D eigenvalue weighted by Gasteiger charge is -2.33. The number of fused-ring (bicyclic) bond motifs is 2. The molecule has 1 aliphatic carbocycles. The number of carbonyl (C=O) groups excluding carboxylic acids is 1. The number of allylic oxidation sites excluding steroid dienone is 1. The summed E-state index contributed by atoms with van der Waals surface area (Å²) in [6.45, 7) is 2.30. The van der Waals surface area contributed by atoms with Crippen LogP contribution in [0.15, 0.2) is 40.8 Å². The zero-order valence-electron chi connectivity index (χ0n) is 14.6. The Kier molecular flexibility index (Phi) is 4.61. The van der Waals surface area contributed by atoms with Crippen LogP contribution in [0.5, 0.6) is 5.75 Å². The third-order valence-corrected chi connectivity index (χ3v) is 6.65. The first-order chi connectivity index (χ1) is 12.2. The van der Waals surface area contributed by atoms with Crippen molar-refractivity contribution in [1.82, 2.24) is 10.6 Å². The highest BCUT2D eigenvalue weighted by molar-refractivity contribution is 8.04. The van der Waals surface area contributed by atoms with Gasteiger partial charge in [0, 0.05) is 5.56 Å². The number of amides is 1. The Labute approximate surface area is 153 Å². The van der Waals surface area contributed by atoms with Gasteiger partial charge in [0.25, 0.3) is 0 Å². The van der Waals surface area contributed by atoms with Gasteiger partial charge in [0.05, 0.1) is 24.6 Å². The highest BCUT2D eigenvalue weighted by atomic mass is 32.2. The van der Waals surface area contributed by atoms with Gasteiger partial charge in [0.15, 0.2) is 0 Å². The van der Waals surface area contributed by atoms with Gasteiger partial charge < -0.3 is 10.1 Å². The van der Waals surface area contributed by atoms with E-state index in [-0.39, 0.29) is 23.4 Å². The minimum atomic E-state index is -0.148. The van der Waals surface area contributed by atoms with Crippen LogP contribution in [-0.2, 0) is 4.79 Å². The van der Waals surface area contributed by atoms with E-state index in [0.717, 1.165) is 30.1 Å². The van der Waals surface area contributed by atoms with Crippen LogP contribution in [0, 0.1) is 11.8 Å². The molecule has 5 heteroatoms. The fourth-order valence-corrected chi connectivity index (χ4v) is 5.65. The van der Waals surface area contributed by atoms with Crippen LogP contribution in [0.25, 0.3) is 6.08 Å². The Morgan fingerprint density at radius 2 is 2.16 bits per heavy atom. The maximum atomic E-state index is 12.7. The largest absolute Gasteiger partial charge is 0.496 e. The summed E-state index contributed by atoms with van der Waals surface area (Å²) in [6, 6.07) is 7.88. The molecule has 1 aromatic rings. The van der Waals surface area contributed by atoms with Crippen molar-refractivity contribution in [3.05, 3.63) is 46.4 Å². The van der Waals surface area contributed by atoms with Crippen LogP contribution in [0.4, 0.5) is 0 Å². The van der Waals surface area contributed by atoms with Crippen molar-refractivity contribution in [1.29, 1.82) is 0 Å². The standard InChI is InChI=1S/C20H24N2O2S/c1-12-7-9-14-16(11-12)25-20-18(14)19(23)21-17(22-20)10-8-13-5-3-4-6-15(13)24-2/h3-6,8,10,12,17-18,20,22H,7,9,11H2,1-2H3,(H,21,23). The van der Waals surface area contributed by atoms with Crippen LogP contribution in [0.2, 0.25) is 0 Å². The van der Waals surface area contributed by atoms with E-state index >= 15 is 0 Å². The fourth-order valence-electron chi connectivity index (χ4n) is 3.94. The first-order valence-corrected chi connectivity index (χ1v) is 9.80. The summed E-state index contributed by atoms with van der Waals surface area (Å²) in [5.74, 6) is 1.73. The summed E-state index contributed by atoms with van der Waals surface area (Å²) in [7, 11) is 1.67. The number of nitrogens with one attached hydrogen (secondary N) is 2. The maximum Gasteiger partial charge on any atom is 0.231 e. The molecule has 2 N–H and O–H groups in total. The van der Waals surface area contributed by atoms with Crippen molar-refractivity contribution in [3.63, 3.8) is 0 Å².